The molecular formula is C15H8F6N4O2S. The van der Waals surface area contributed by atoms with Gasteiger partial charge in [0.05, 0.1) is 11.3 Å². The van der Waals surface area contributed by atoms with E-state index in [0.717, 1.165) is 36.0 Å². The van der Waals surface area contributed by atoms with E-state index in [2.05, 4.69) is 20.1 Å². The van der Waals surface area contributed by atoms with Crippen molar-refractivity contribution >= 4 is 11.8 Å². The highest BCUT2D eigenvalue weighted by Crippen LogP contribution is 2.31. The number of aromatic nitrogens is 4. The van der Waals surface area contributed by atoms with Crippen LogP contribution in [0.15, 0.2) is 44.8 Å². The Morgan fingerprint density at radius 1 is 1.00 bits per heavy atom. The topological polar surface area (TPSA) is 84.7 Å². The molecule has 28 heavy (non-hydrogen) atoms. The summed E-state index contributed by atoms with van der Waals surface area (Å²) in [6.07, 6.45) is -9.25. The second-order valence-corrected chi connectivity index (χ2v) is 6.27. The van der Waals surface area contributed by atoms with Gasteiger partial charge in [-0.3, -0.25) is 4.79 Å². The highest BCUT2D eigenvalue weighted by Gasteiger charge is 2.33. The van der Waals surface area contributed by atoms with Crippen molar-refractivity contribution in [2.45, 2.75) is 23.3 Å². The number of rotatable bonds is 4. The summed E-state index contributed by atoms with van der Waals surface area (Å²) >= 11 is 0.721. The van der Waals surface area contributed by atoms with Crippen molar-refractivity contribution in [1.29, 1.82) is 0 Å². The van der Waals surface area contributed by atoms with Crippen molar-refractivity contribution in [1.82, 2.24) is 20.1 Å². The summed E-state index contributed by atoms with van der Waals surface area (Å²) in [5, 5.41) is 3.31. The van der Waals surface area contributed by atoms with Gasteiger partial charge in [-0.2, -0.15) is 31.3 Å². The largest absolute Gasteiger partial charge is 0.433 e. The molecule has 2 aromatic heterocycles. The first-order chi connectivity index (χ1) is 13.0. The van der Waals surface area contributed by atoms with E-state index in [0.29, 0.717) is 6.07 Å². The molecule has 1 N–H and O–H groups in total. The van der Waals surface area contributed by atoms with Crippen LogP contribution in [-0.4, -0.2) is 20.1 Å². The third-order valence-corrected chi connectivity index (χ3v) is 4.14. The van der Waals surface area contributed by atoms with E-state index in [1.165, 1.54) is 0 Å². The number of alkyl halides is 6. The Labute approximate surface area is 156 Å². The minimum atomic E-state index is -4.77. The molecule has 0 spiro atoms. The van der Waals surface area contributed by atoms with Gasteiger partial charge >= 0.3 is 12.4 Å². The van der Waals surface area contributed by atoms with Gasteiger partial charge < -0.3 is 9.51 Å². The summed E-state index contributed by atoms with van der Waals surface area (Å²) in [6, 6.07) is 4.38. The van der Waals surface area contributed by atoms with Crippen LogP contribution >= 0.6 is 11.8 Å². The number of H-pyrrole nitrogens is 1. The van der Waals surface area contributed by atoms with Crippen molar-refractivity contribution < 1.29 is 30.9 Å². The van der Waals surface area contributed by atoms with Gasteiger partial charge in [0.1, 0.15) is 0 Å². The lowest BCUT2D eigenvalue weighted by Crippen LogP contribution is -2.16. The number of hydrogen-bond acceptors (Lipinski definition) is 6. The fourth-order valence-corrected chi connectivity index (χ4v) is 2.73. The predicted molar refractivity (Wildman–Crippen MR) is 84.2 cm³/mol. The van der Waals surface area contributed by atoms with Crippen LogP contribution in [0.5, 0.6) is 0 Å². The zero-order valence-corrected chi connectivity index (χ0v) is 14.2. The number of halogens is 6. The number of aromatic amines is 1. The molecule has 1 aromatic carbocycles. The van der Waals surface area contributed by atoms with E-state index >= 15 is 0 Å². The normalized spacial score (nSPS) is 12.4. The van der Waals surface area contributed by atoms with Crippen LogP contribution in [-0.2, 0) is 18.1 Å². The van der Waals surface area contributed by atoms with Crippen LogP contribution in [0, 0.1) is 0 Å². The first-order valence-electron chi connectivity index (χ1n) is 7.34. The fraction of sp³-hybridized carbons (Fsp3) is 0.200. The monoisotopic (exact) mass is 422 g/mol. The van der Waals surface area contributed by atoms with E-state index in [9.17, 15) is 31.1 Å². The van der Waals surface area contributed by atoms with Crippen LogP contribution < -0.4 is 5.56 Å². The Morgan fingerprint density at radius 2 is 1.68 bits per heavy atom. The molecule has 0 radical (unpaired) electrons. The molecule has 0 aliphatic rings. The fourth-order valence-electron chi connectivity index (χ4n) is 2.02. The van der Waals surface area contributed by atoms with Gasteiger partial charge in [0.25, 0.3) is 5.56 Å². The first kappa shape index (κ1) is 19.9. The quantitative estimate of drug-likeness (QED) is 0.386. The minimum absolute atomic E-state index is 0.00909. The average Bonchev–Trinajstić information content (AvgIpc) is 3.07. The number of benzene rings is 1. The van der Waals surface area contributed by atoms with Crippen LogP contribution in [0.4, 0.5) is 26.3 Å². The summed E-state index contributed by atoms with van der Waals surface area (Å²) in [5.74, 6) is -0.118. The van der Waals surface area contributed by atoms with Gasteiger partial charge in [-0.25, -0.2) is 4.98 Å². The van der Waals surface area contributed by atoms with Crippen molar-refractivity contribution in [2.75, 3.05) is 0 Å². The molecular weight excluding hydrogens is 414 g/mol. The van der Waals surface area contributed by atoms with Crippen LogP contribution in [0.2, 0.25) is 0 Å². The second-order valence-electron chi connectivity index (χ2n) is 5.31. The van der Waals surface area contributed by atoms with Gasteiger partial charge in [-0.1, -0.05) is 29.1 Å². The summed E-state index contributed by atoms with van der Waals surface area (Å²) < 4.78 is 80.6. The van der Waals surface area contributed by atoms with Crippen molar-refractivity contribution in [3.05, 3.63) is 57.8 Å². The standard InChI is InChI=1S/C15H8F6N4O2S/c16-14(17,18)8-3-1-7(2-4-8)12-24-11(27-25-12)6-28-13-22-9(15(19,20)21)5-10(26)23-13/h1-5H,6H2,(H,22,23,26). The lowest BCUT2D eigenvalue weighted by atomic mass is 10.1. The maximum atomic E-state index is 12.7. The smallest absolute Gasteiger partial charge is 0.338 e. The number of nitrogens with one attached hydrogen (secondary N) is 1. The van der Waals surface area contributed by atoms with E-state index in [1.54, 1.807) is 0 Å². The molecule has 0 fully saturated rings. The summed E-state index contributed by atoms with van der Waals surface area (Å²) in [7, 11) is 0. The Bertz CT molecular complexity index is 1030. The van der Waals surface area contributed by atoms with Crippen LogP contribution in [0.1, 0.15) is 17.1 Å². The maximum Gasteiger partial charge on any atom is 0.433 e. The third kappa shape index (κ3) is 4.71. The Morgan fingerprint density at radius 3 is 2.29 bits per heavy atom. The molecule has 3 aromatic rings. The van der Waals surface area contributed by atoms with Crippen molar-refractivity contribution in [3.63, 3.8) is 0 Å². The summed E-state index contributed by atoms with van der Waals surface area (Å²) in [5.41, 5.74) is -2.88. The Balaban J connectivity index is 1.72. The first-order valence-corrected chi connectivity index (χ1v) is 8.32. The zero-order chi connectivity index (χ0) is 20.5. The molecule has 0 atom stereocenters. The van der Waals surface area contributed by atoms with Gasteiger partial charge in [0, 0.05) is 11.6 Å². The van der Waals surface area contributed by atoms with Crippen LogP contribution in [0.25, 0.3) is 11.4 Å². The molecule has 0 saturated carbocycles. The molecule has 6 nitrogen and oxygen atoms in total. The summed E-state index contributed by atoms with van der Waals surface area (Å²) in [6.45, 7) is 0. The van der Waals surface area contributed by atoms with E-state index in [-0.39, 0.29) is 28.2 Å². The minimum Gasteiger partial charge on any atom is -0.338 e. The highest BCUT2D eigenvalue weighted by atomic mass is 32.2. The van der Waals surface area contributed by atoms with Crippen molar-refractivity contribution in [3.8, 4) is 11.4 Å². The summed E-state index contributed by atoms with van der Waals surface area (Å²) in [4.78, 5) is 20.7. The highest BCUT2D eigenvalue weighted by molar-refractivity contribution is 7.98. The molecule has 0 unspecified atom stereocenters. The molecule has 13 heteroatoms. The van der Waals surface area contributed by atoms with E-state index in [4.69, 9.17) is 4.52 Å². The lowest BCUT2D eigenvalue weighted by molar-refractivity contribution is -0.141. The SMILES string of the molecule is O=c1cc(C(F)(F)F)nc(SCc2nc(-c3ccc(C(F)(F)F)cc3)no2)[nH]1. The zero-order valence-electron chi connectivity index (χ0n) is 13.4. The molecule has 0 aliphatic heterocycles. The van der Waals surface area contributed by atoms with Crippen molar-refractivity contribution in [2.24, 2.45) is 0 Å². The second kappa shape index (κ2) is 7.30. The van der Waals surface area contributed by atoms with Gasteiger partial charge in [0.15, 0.2) is 10.9 Å². The van der Waals surface area contributed by atoms with E-state index in [1.807, 2.05) is 0 Å². The third-order valence-electron chi connectivity index (χ3n) is 3.28. The van der Waals surface area contributed by atoms with E-state index < -0.39 is 29.2 Å². The number of hydrogen-bond donors (Lipinski definition) is 1. The molecule has 3 rings (SSSR count). The number of nitrogens with zero attached hydrogens (tertiary/aromatic N) is 3. The predicted octanol–water partition coefficient (Wildman–Crippen LogP) is 4.15. The van der Waals surface area contributed by atoms with Gasteiger partial charge in [0.2, 0.25) is 11.7 Å². The Hall–Kier alpha value is -2.83. The van der Waals surface area contributed by atoms with Gasteiger partial charge in [-0.15, -0.1) is 0 Å². The molecule has 0 saturated heterocycles. The number of thioether (sulfide) groups is 1. The Kier molecular flexibility index (Phi) is 5.19. The lowest BCUT2D eigenvalue weighted by Gasteiger charge is -2.06. The molecule has 0 bridgehead atoms. The molecule has 0 aliphatic carbocycles. The van der Waals surface area contributed by atoms with Gasteiger partial charge in [-0.05, 0) is 12.1 Å². The molecule has 148 valence electrons. The maximum absolute atomic E-state index is 12.7. The van der Waals surface area contributed by atoms with Crippen LogP contribution in [0.3, 0.4) is 0 Å². The average molecular weight is 422 g/mol. The molecule has 2 heterocycles. The molecule has 0 amide bonds.